The number of hydrogen-bond acceptors (Lipinski definition) is 4. The Hall–Kier alpha value is -2.70. The van der Waals surface area contributed by atoms with Crippen LogP contribution < -0.4 is 10.6 Å². The molecule has 0 aliphatic carbocycles. The standard InChI is InChI=1S/C24H32N4O2/c1-19(21-9-5-3-6-10-21)17-25-24(30)20(2)28-15-13-27(14-16-28)18-23(29)26-22-11-7-4-8-12-22/h3-12,19-20H,13-18H2,1-2H3,(H,25,30)(H,26,29). The third-order valence-corrected chi connectivity index (χ3v) is 5.71. The van der Waals surface area contributed by atoms with E-state index in [4.69, 9.17) is 0 Å². The van der Waals surface area contributed by atoms with Crippen molar-refractivity contribution in [1.29, 1.82) is 0 Å². The third kappa shape index (κ3) is 6.40. The number of anilines is 1. The maximum atomic E-state index is 12.6. The molecule has 2 unspecified atom stereocenters. The van der Waals surface area contributed by atoms with Crippen LogP contribution in [-0.2, 0) is 9.59 Å². The van der Waals surface area contributed by atoms with E-state index in [1.807, 2.05) is 55.5 Å². The number of carbonyl (C=O) groups is 2. The fraction of sp³-hybridized carbons (Fsp3) is 0.417. The van der Waals surface area contributed by atoms with Crippen LogP contribution >= 0.6 is 0 Å². The van der Waals surface area contributed by atoms with Gasteiger partial charge in [-0.2, -0.15) is 0 Å². The van der Waals surface area contributed by atoms with E-state index in [0.717, 1.165) is 31.9 Å². The predicted molar refractivity (Wildman–Crippen MR) is 120 cm³/mol. The molecule has 1 aliphatic heterocycles. The predicted octanol–water partition coefficient (Wildman–Crippen LogP) is 2.55. The van der Waals surface area contributed by atoms with Crippen molar-refractivity contribution in [1.82, 2.24) is 15.1 Å². The van der Waals surface area contributed by atoms with E-state index in [-0.39, 0.29) is 23.8 Å². The molecule has 1 saturated heterocycles. The molecule has 30 heavy (non-hydrogen) atoms. The number of hydrogen-bond donors (Lipinski definition) is 2. The van der Waals surface area contributed by atoms with Crippen molar-refractivity contribution in [2.45, 2.75) is 25.8 Å². The largest absolute Gasteiger partial charge is 0.354 e. The van der Waals surface area contributed by atoms with Gasteiger partial charge in [-0.15, -0.1) is 0 Å². The SMILES string of the molecule is CC(CNC(=O)C(C)N1CCN(CC(=O)Nc2ccccc2)CC1)c1ccccc1. The van der Waals surface area contributed by atoms with E-state index >= 15 is 0 Å². The number of amides is 2. The van der Waals surface area contributed by atoms with Gasteiger partial charge in [0, 0.05) is 38.4 Å². The molecule has 0 radical (unpaired) electrons. The molecule has 3 rings (SSSR count). The van der Waals surface area contributed by atoms with Crippen LogP contribution in [0, 0.1) is 0 Å². The first-order valence-electron chi connectivity index (χ1n) is 10.7. The number of para-hydroxylation sites is 1. The molecule has 6 heteroatoms. The molecule has 2 amide bonds. The molecule has 0 spiro atoms. The lowest BCUT2D eigenvalue weighted by molar-refractivity contribution is -0.127. The topological polar surface area (TPSA) is 64.7 Å². The van der Waals surface area contributed by atoms with Gasteiger partial charge in [0.15, 0.2) is 0 Å². The van der Waals surface area contributed by atoms with Gasteiger partial charge in [0.25, 0.3) is 0 Å². The van der Waals surface area contributed by atoms with Gasteiger partial charge in [-0.3, -0.25) is 19.4 Å². The van der Waals surface area contributed by atoms with Crippen LogP contribution in [0.5, 0.6) is 0 Å². The van der Waals surface area contributed by atoms with E-state index < -0.39 is 0 Å². The Morgan fingerprint density at radius 2 is 1.50 bits per heavy atom. The van der Waals surface area contributed by atoms with Gasteiger partial charge in [-0.25, -0.2) is 0 Å². The Morgan fingerprint density at radius 3 is 2.13 bits per heavy atom. The van der Waals surface area contributed by atoms with E-state index in [2.05, 4.69) is 39.5 Å². The second-order valence-electron chi connectivity index (χ2n) is 7.96. The first-order chi connectivity index (χ1) is 14.5. The number of piperazine rings is 1. The number of nitrogens with zero attached hydrogens (tertiary/aromatic N) is 2. The molecule has 0 bridgehead atoms. The Kier molecular flexibility index (Phi) is 7.99. The first kappa shape index (κ1) is 22.0. The molecule has 1 heterocycles. The summed E-state index contributed by atoms with van der Waals surface area (Å²) in [5, 5.41) is 6.01. The van der Waals surface area contributed by atoms with Crippen LogP contribution in [0.3, 0.4) is 0 Å². The van der Waals surface area contributed by atoms with Crippen molar-refractivity contribution < 1.29 is 9.59 Å². The number of nitrogens with one attached hydrogen (secondary N) is 2. The Bertz CT molecular complexity index is 804. The van der Waals surface area contributed by atoms with E-state index in [1.54, 1.807) is 0 Å². The minimum atomic E-state index is -0.173. The highest BCUT2D eigenvalue weighted by Crippen LogP contribution is 2.14. The molecular formula is C24H32N4O2. The lowest BCUT2D eigenvalue weighted by Gasteiger charge is -2.37. The Morgan fingerprint density at radius 1 is 0.900 bits per heavy atom. The normalized spacial score (nSPS) is 17.1. The van der Waals surface area contributed by atoms with Crippen molar-refractivity contribution >= 4 is 17.5 Å². The van der Waals surface area contributed by atoms with Crippen molar-refractivity contribution in [3.05, 3.63) is 66.2 Å². The van der Waals surface area contributed by atoms with Crippen molar-refractivity contribution in [2.24, 2.45) is 0 Å². The average Bonchev–Trinajstić information content (AvgIpc) is 2.78. The second-order valence-corrected chi connectivity index (χ2v) is 7.96. The van der Waals surface area contributed by atoms with Crippen LogP contribution in [-0.4, -0.2) is 66.9 Å². The summed E-state index contributed by atoms with van der Waals surface area (Å²) < 4.78 is 0. The fourth-order valence-corrected chi connectivity index (χ4v) is 3.70. The maximum absolute atomic E-state index is 12.6. The van der Waals surface area contributed by atoms with E-state index in [9.17, 15) is 9.59 Å². The molecule has 2 aromatic carbocycles. The average molecular weight is 409 g/mol. The van der Waals surface area contributed by atoms with Crippen molar-refractivity contribution in [3.8, 4) is 0 Å². The summed E-state index contributed by atoms with van der Waals surface area (Å²) in [4.78, 5) is 29.2. The zero-order valence-electron chi connectivity index (χ0n) is 17.9. The van der Waals surface area contributed by atoms with Crippen LogP contribution in [0.25, 0.3) is 0 Å². The highest BCUT2D eigenvalue weighted by atomic mass is 16.2. The molecule has 6 nitrogen and oxygen atoms in total. The Labute approximate surface area is 179 Å². The summed E-state index contributed by atoms with van der Waals surface area (Å²) in [6.45, 7) is 8.20. The summed E-state index contributed by atoms with van der Waals surface area (Å²) in [5.74, 6) is 0.339. The highest BCUT2D eigenvalue weighted by Gasteiger charge is 2.26. The minimum absolute atomic E-state index is 0.00431. The van der Waals surface area contributed by atoms with Crippen molar-refractivity contribution in [3.63, 3.8) is 0 Å². The lowest BCUT2D eigenvalue weighted by Crippen LogP contribution is -2.55. The summed E-state index contributed by atoms with van der Waals surface area (Å²) >= 11 is 0. The molecule has 2 atom stereocenters. The van der Waals surface area contributed by atoms with Crippen LogP contribution in [0.1, 0.15) is 25.3 Å². The third-order valence-electron chi connectivity index (χ3n) is 5.71. The lowest BCUT2D eigenvalue weighted by atomic mass is 10.0. The summed E-state index contributed by atoms with van der Waals surface area (Å²) in [6, 6.07) is 19.6. The maximum Gasteiger partial charge on any atom is 0.238 e. The van der Waals surface area contributed by atoms with Crippen LogP contribution in [0.4, 0.5) is 5.69 Å². The summed E-state index contributed by atoms with van der Waals surface area (Å²) in [7, 11) is 0. The molecule has 2 N–H and O–H groups in total. The molecule has 1 fully saturated rings. The van der Waals surface area contributed by atoms with Crippen LogP contribution in [0.2, 0.25) is 0 Å². The molecule has 2 aromatic rings. The monoisotopic (exact) mass is 408 g/mol. The molecule has 160 valence electrons. The quantitative estimate of drug-likeness (QED) is 0.705. The first-order valence-corrected chi connectivity index (χ1v) is 10.7. The van der Waals surface area contributed by atoms with Gasteiger partial charge in [-0.05, 0) is 30.5 Å². The summed E-state index contributed by atoms with van der Waals surface area (Å²) in [6.07, 6.45) is 0. The van der Waals surface area contributed by atoms with Gasteiger partial charge >= 0.3 is 0 Å². The van der Waals surface area contributed by atoms with Gasteiger partial charge in [0.05, 0.1) is 12.6 Å². The van der Waals surface area contributed by atoms with E-state index in [0.29, 0.717) is 13.1 Å². The molecular weight excluding hydrogens is 376 g/mol. The fourth-order valence-electron chi connectivity index (χ4n) is 3.70. The molecule has 1 aliphatic rings. The van der Waals surface area contributed by atoms with Crippen LogP contribution in [0.15, 0.2) is 60.7 Å². The second kappa shape index (κ2) is 10.9. The summed E-state index contributed by atoms with van der Waals surface area (Å²) in [5.41, 5.74) is 2.05. The number of benzene rings is 2. The zero-order valence-corrected chi connectivity index (χ0v) is 17.9. The molecule has 0 aromatic heterocycles. The van der Waals surface area contributed by atoms with Gasteiger partial charge in [0.2, 0.25) is 11.8 Å². The number of carbonyl (C=O) groups excluding carboxylic acids is 2. The minimum Gasteiger partial charge on any atom is -0.354 e. The smallest absolute Gasteiger partial charge is 0.238 e. The van der Waals surface area contributed by atoms with E-state index in [1.165, 1.54) is 5.56 Å². The van der Waals surface area contributed by atoms with Gasteiger partial charge in [0.1, 0.15) is 0 Å². The Balaban J connectivity index is 1.38. The molecule has 0 saturated carbocycles. The zero-order chi connectivity index (χ0) is 21.3. The number of rotatable bonds is 8. The highest BCUT2D eigenvalue weighted by molar-refractivity contribution is 5.92. The van der Waals surface area contributed by atoms with Crippen molar-refractivity contribution in [2.75, 3.05) is 44.6 Å². The van der Waals surface area contributed by atoms with Gasteiger partial charge in [-0.1, -0.05) is 55.5 Å². The van der Waals surface area contributed by atoms with Gasteiger partial charge < -0.3 is 10.6 Å².